The fourth-order valence-electron chi connectivity index (χ4n) is 4.84. The van der Waals surface area contributed by atoms with Crippen LogP contribution in [0.1, 0.15) is 47.2 Å². The van der Waals surface area contributed by atoms with Crippen molar-refractivity contribution in [2.24, 2.45) is 0 Å². The van der Waals surface area contributed by atoms with E-state index < -0.39 is 38.8 Å². The first kappa shape index (κ1) is 32.2. The molecule has 0 saturated heterocycles. The van der Waals surface area contributed by atoms with Gasteiger partial charge in [0.15, 0.2) is 9.84 Å². The Morgan fingerprint density at radius 1 is 1.00 bits per heavy atom. The van der Waals surface area contributed by atoms with Gasteiger partial charge in [0.05, 0.1) is 6.54 Å². The van der Waals surface area contributed by atoms with Gasteiger partial charge in [0.1, 0.15) is 10.6 Å². The molecule has 46 heavy (non-hydrogen) atoms. The molecule has 0 bridgehead atoms. The third kappa shape index (κ3) is 8.26. The van der Waals surface area contributed by atoms with E-state index >= 15 is 0 Å². The van der Waals surface area contributed by atoms with Crippen LogP contribution in [0.3, 0.4) is 0 Å². The number of amides is 3. The molecule has 1 heterocycles. The fraction of sp³-hybridized carbons (Fsp3) is 0.233. The van der Waals surface area contributed by atoms with Crippen LogP contribution in [0.15, 0.2) is 77.7 Å². The van der Waals surface area contributed by atoms with Crippen molar-refractivity contribution in [2.75, 3.05) is 21.8 Å². The van der Waals surface area contributed by atoms with Crippen LogP contribution in [0.25, 0.3) is 5.57 Å². The molecule has 12 nitrogen and oxygen atoms in total. The zero-order chi connectivity index (χ0) is 32.9. The second-order valence-electron chi connectivity index (χ2n) is 10.4. The van der Waals surface area contributed by atoms with E-state index in [4.69, 9.17) is 0 Å². The number of alkyl halides is 3. The number of urea groups is 1. The van der Waals surface area contributed by atoms with Crippen LogP contribution in [0.4, 0.5) is 35.3 Å². The Kier molecular flexibility index (Phi) is 9.36. The molecule has 3 amide bonds. The minimum absolute atomic E-state index is 0.00129. The van der Waals surface area contributed by atoms with Gasteiger partial charge in [0.25, 0.3) is 11.9 Å². The predicted octanol–water partition coefficient (Wildman–Crippen LogP) is 5.95. The average Bonchev–Trinajstić information content (AvgIpc) is 3.53. The van der Waals surface area contributed by atoms with Crippen LogP contribution in [0.5, 0.6) is 5.75 Å². The summed E-state index contributed by atoms with van der Waals surface area (Å²) in [4.78, 5) is 26.8. The third-order valence-corrected chi connectivity index (χ3v) is 8.15. The zero-order valence-corrected chi connectivity index (χ0v) is 25.2. The number of tetrazole rings is 1. The van der Waals surface area contributed by atoms with Crippen LogP contribution in [0, 0.1) is 0 Å². The van der Waals surface area contributed by atoms with E-state index in [2.05, 4.69) is 42.1 Å². The van der Waals surface area contributed by atoms with Crippen molar-refractivity contribution >= 4 is 44.7 Å². The zero-order valence-electron chi connectivity index (χ0n) is 24.3. The van der Waals surface area contributed by atoms with Crippen molar-refractivity contribution in [2.45, 2.75) is 43.5 Å². The topological polar surface area (TPSA) is 159 Å². The lowest BCUT2D eigenvalue weighted by atomic mass is 9.93. The molecular weight excluding hydrogens is 627 g/mol. The number of hydrogen-bond acceptors (Lipinski definition) is 8. The maximum atomic E-state index is 13.7. The molecule has 0 unspecified atom stereocenters. The van der Waals surface area contributed by atoms with Crippen molar-refractivity contribution in [1.82, 2.24) is 20.6 Å². The molecule has 1 aliphatic rings. The van der Waals surface area contributed by atoms with E-state index in [1.807, 2.05) is 12.1 Å². The first-order valence-corrected chi connectivity index (χ1v) is 15.9. The van der Waals surface area contributed by atoms with Gasteiger partial charge in [-0.05, 0) is 90.1 Å². The Bertz CT molecular complexity index is 1850. The summed E-state index contributed by atoms with van der Waals surface area (Å²) in [5.74, 6) is -1.39. The van der Waals surface area contributed by atoms with Gasteiger partial charge in [0, 0.05) is 23.2 Å². The summed E-state index contributed by atoms with van der Waals surface area (Å²) in [6.45, 7) is 0.0226. The normalized spacial score (nSPS) is 13.4. The standard InChI is InChI=1S/C30H28F3N7O5S/c1-46(43,44)26-17-23(13-16-25(26)45-30(31,32)33)34-29(42)40(24-14-11-21(12-15-24)20-5-3-2-4-6-20)18-19-7-9-22(10-8-19)27(41)35-28-36-38-39-37-28/h5,7-17H,2-4,6,18H2,1H3,(H,34,42)(H2,35,36,37,38,39,41). The largest absolute Gasteiger partial charge is 0.573 e. The summed E-state index contributed by atoms with van der Waals surface area (Å²) in [6, 6.07) is 15.9. The molecule has 240 valence electrons. The number of anilines is 3. The molecule has 0 atom stereocenters. The summed E-state index contributed by atoms with van der Waals surface area (Å²) in [5, 5.41) is 18.0. The Morgan fingerprint density at radius 2 is 1.74 bits per heavy atom. The molecule has 0 fully saturated rings. The van der Waals surface area contributed by atoms with E-state index in [9.17, 15) is 31.2 Å². The number of halogens is 3. The van der Waals surface area contributed by atoms with Gasteiger partial charge in [0.2, 0.25) is 0 Å². The number of nitrogens with one attached hydrogen (secondary N) is 3. The minimum atomic E-state index is -5.12. The Balaban J connectivity index is 1.41. The van der Waals surface area contributed by atoms with E-state index in [0.717, 1.165) is 55.7 Å². The number of allylic oxidation sites excluding steroid dienone is 2. The molecule has 0 radical (unpaired) electrons. The van der Waals surface area contributed by atoms with Gasteiger partial charge in [-0.2, -0.15) is 5.21 Å². The summed E-state index contributed by atoms with van der Waals surface area (Å²) in [5.41, 5.74) is 3.61. The lowest BCUT2D eigenvalue weighted by Gasteiger charge is -2.24. The van der Waals surface area contributed by atoms with Crippen LogP contribution < -0.4 is 20.3 Å². The van der Waals surface area contributed by atoms with Crippen LogP contribution >= 0.6 is 0 Å². The number of aromatic amines is 1. The average molecular weight is 656 g/mol. The number of rotatable bonds is 9. The van der Waals surface area contributed by atoms with Gasteiger partial charge in [-0.15, -0.1) is 18.3 Å². The number of sulfone groups is 1. The lowest BCUT2D eigenvalue weighted by molar-refractivity contribution is -0.275. The number of carbonyl (C=O) groups excluding carboxylic acids is 2. The van der Waals surface area contributed by atoms with E-state index in [-0.39, 0.29) is 18.2 Å². The molecule has 4 aromatic rings. The van der Waals surface area contributed by atoms with Crippen molar-refractivity contribution in [3.8, 4) is 5.75 Å². The highest BCUT2D eigenvalue weighted by Gasteiger charge is 2.33. The Labute approximate surface area is 261 Å². The second kappa shape index (κ2) is 13.4. The van der Waals surface area contributed by atoms with Gasteiger partial charge < -0.3 is 10.1 Å². The maximum absolute atomic E-state index is 13.7. The molecule has 0 spiro atoms. The summed E-state index contributed by atoms with van der Waals surface area (Å²) in [7, 11) is -4.17. The molecule has 1 aromatic heterocycles. The monoisotopic (exact) mass is 655 g/mol. The lowest BCUT2D eigenvalue weighted by Crippen LogP contribution is -2.34. The number of carbonyl (C=O) groups is 2. The smallest absolute Gasteiger partial charge is 0.404 e. The number of H-pyrrole nitrogens is 1. The number of ether oxygens (including phenoxy) is 1. The Hall–Kier alpha value is -5.25. The Morgan fingerprint density at radius 3 is 2.35 bits per heavy atom. The van der Waals surface area contributed by atoms with Gasteiger partial charge in [-0.25, -0.2) is 13.2 Å². The number of hydrogen-bond donors (Lipinski definition) is 3. The third-order valence-electron chi connectivity index (χ3n) is 7.03. The highest BCUT2D eigenvalue weighted by atomic mass is 32.2. The maximum Gasteiger partial charge on any atom is 0.573 e. The van der Waals surface area contributed by atoms with Crippen molar-refractivity contribution in [3.05, 3.63) is 89.5 Å². The minimum Gasteiger partial charge on any atom is -0.404 e. The van der Waals surface area contributed by atoms with Crippen molar-refractivity contribution in [3.63, 3.8) is 0 Å². The molecule has 16 heteroatoms. The highest BCUT2D eigenvalue weighted by molar-refractivity contribution is 7.90. The second-order valence-corrected chi connectivity index (χ2v) is 12.4. The molecule has 3 aromatic carbocycles. The number of benzene rings is 3. The SMILES string of the molecule is CS(=O)(=O)c1cc(NC(=O)N(Cc2ccc(C(=O)Nc3nn[nH]n3)cc2)c2ccc(C3=CCCCC3)cc2)ccc1OC(F)(F)F. The van der Waals surface area contributed by atoms with Gasteiger partial charge in [-0.1, -0.05) is 35.4 Å². The van der Waals surface area contributed by atoms with E-state index in [0.29, 0.717) is 16.8 Å². The van der Waals surface area contributed by atoms with Crippen molar-refractivity contribution in [1.29, 1.82) is 0 Å². The molecule has 0 aliphatic heterocycles. The van der Waals surface area contributed by atoms with Crippen LogP contribution in [0.2, 0.25) is 0 Å². The van der Waals surface area contributed by atoms with E-state index in [1.165, 1.54) is 10.5 Å². The summed E-state index contributed by atoms with van der Waals surface area (Å²) in [6.07, 6.45) is 1.99. The molecule has 0 saturated carbocycles. The molecule has 3 N–H and O–H groups in total. The number of aromatic nitrogens is 4. The van der Waals surface area contributed by atoms with E-state index in [1.54, 1.807) is 36.4 Å². The van der Waals surface area contributed by atoms with Gasteiger partial charge in [-0.3, -0.25) is 15.0 Å². The summed E-state index contributed by atoms with van der Waals surface area (Å²) >= 11 is 0. The van der Waals surface area contributed by atoms with Crippen LogP contribution in [-0.4, -0.2) is 53.6 Å². The number of nitrogens with zero attached hydrogens (tertiary/aromatic N) is 4. The van der Waals surface area contributed by atoms with Crippen molar-refractivity contribution < 1.29 is 35.9 Å². The predicted molar refractivity (Wildman–Crippen MR) is 163 cm³/mol. The first-order valence-electron chi connectivity index (χ1n) is 14.0. The first-order chi connectivity index (χ1) is 21.9. The van der Waals surface area contributed by atoms with Gasteiger partial charge >= 0.3 is 12.4 Å². The highest BCUT2D eigenvalue weighted by Crippen LogP contribution is 2.33. The molecule has 1 aliphatic carbocycles. The fourth-order valence-corrected chi connectivity index (χ4v) is 5.66. The molecular formula is C30H28F3N7O5S. The quantitative estimate of drug-likeness (QED) is 0.200. The van der Waals surface area contributed by atoms with Crippen LogP contribution in [-0.2, 0) is 16.4 Å². The summed E-state index contributed by atoms with van der Waals surface area (Å²) < 4.78 is 67.1. The molecule has 5 rings (SSSR count).